The molecule has 2 N–H and O–H groups in total. The average molecular weight is 422 g/mol. The van der Waals surface area contributed by atoms with E-state index in [1.807, 2.05) is 25.9 Å². The van der Waals surface area contributed by atoms with Crippen LogP contribution in [0.2, 0.25) is 0 Å². The summed E-state index contributed by atoms with van der Waals surface area (Å²) in [5.41, 5.74) is 2.01. The van der Waals surface area contributed by atoms with Crippen molar-refractivity contribution < 1.29 is 24.5 Å². The molecule has 0 aromatic heterocycles. The van der Waals surface area contributed by atoms with Gasteiger partial charge in [0.25, 0.3) is 11.7 Å². The Morgan fingerprint density at radius 3 is 2.68 bits per heavy atom. The number of carbonyl (C=O) groups excluding carboxylic acids is 2. The molecule has 0 saturated carbocycles. The largest absolute Gasteiger partial charge is 0.508 e. The fourth-order valence-electron chi connectivity index (χ4n) is 4.18. The molecule has 7 nitrogen and oxygen atoms in total. The van der Waals surface area contributed by atoms with Crippen molar-refractivity contribution in [1.82, 2.24) is 9.80 Å². The lowest BCUT2D eigenvalue weighted by Crippen LogP contribution is -2.35. The molecule has 0 bridgehead atoms. The summed E-state index contributed by atoms with van der Waals surface area (Å²) in [4.78, 5) is 29.3. The zero-order valence-corrected chi connectivity index (χ0v) is 17.8. The molecule has 2 atom stereocenters. The standard InChI is InChI=1S/C24H26N2O5/c1-14-11-17-12-16(7-8-19(17)31-14)22(28)20-21(15-5-4-6-18(27)13-15)26(10-9-25(2)3)24(30)23(20)29/h4-8,12-14,21,27-28H,9-11H2,1-3H3/b22-20+/t14-,21+/m1/s1. The maximum absolute atomic E-state index is 13.0. The number of ketones is 1. The number of likely N-dealkylation sites (tertiary alicyclic amines) is 1. The molecule has 7 heteroatoms. The molecule has 2 heterocycles. The molecule has 0 radical (unpaired) electrons. The number of aliphatic hydroxyl groups is 1. The van der Waals surface area contributed by atoms with Crippen LogP contribution in [-0.4, -0.2) is 65.0 Å². The van der Waals surface area contributed by atoms with Crippen LogP contribution in [0.25, 0.3) is 5.76 Å². The monoisotopic (exact) mass is 422 g/mol. The van der Waals surface area contributed by atoms with Crippen molar-refractivity contribution in [2.45, 2.75) is 25.5 Å². The number of aliphatic hydroxyl groups excluding tert-OH is 1. The SMILES string of the molecule is C[C@@H]1Cc2cc(/C(O)=C3\C(=O)C(=O)N(CCN(C)C)[C@H]3c3cccc(O)c3)ccc2O1. The van der Waals surface area contributed by atoms with Gasteiger partial charge >= 0.3 is 0 Å². The van der Waals surface area contributed by atoms with Crippen molar-refractivity contribution in [1.29, 1.82) is 0 Å². The summed E-state index contributed by atoms with van der Waals surface area (Å²) in [6.45, 7) is 2.83. The van der Waals surface area contributed by atoms with Crippen LogP contribution in [0.1, 0.15) is 29.7 Å². The number of aromatic hydroxyl groups is 1. The minimum absolute atomic E-state index is 0.0272. The van der Waals surface area contributed by atoms with Gasteiger partial charge in [0.1, 0.15) is 23.4 Å². The molecule has 0 spiro atoms. The number of hydrogen-bond acceptors (Lipinski definition) is 6. The number of Topliss-reactive ketones (excluding diaryl/α,β-unsaturated/α-hetero) is 1. The zero-order chi connectivity index (χ0) is 22.3. The third-order valence-corrected chi connectivity index (χ3v) is 5.68. The van der Waals surface area contributed by atoms with Crippen molar-refractivity contribution in [3.05, 3.63) is 64.7 Å². The topological polar surface area (TPSA) is 90.3 Å². The first-order valence-electron chi connectivity index (χ1n) is 10.3. The smallest absolute Gasteiger partial charge is 0.295 e. The molecule has 2 aliphatic rings. The summed E-state index contributed by atoms with van der Waals surface area (Å²) in [7, 11) is 3.76. The number of amides is 1. The number of carbonyl (C=O) groups is 2. The van der Waals surface area contributed by atoms with E-state index in [1.54, 1.807) is 30.3 Å². The van der Waals surface area contributed by atoms with Crippen molar-refractivity contribution in [2.24, 2.45) is 0 Å². The Hall–Kier alpha value is -3.32. The van der Waals surface area contributed by atoms with Gasteiger partial charge in [-0.05, 0) is 62.5 Å². The highest BCUT2D eigenvalue weighted by Crippen LogP contribution is 2.41. The first-order chi connectivity index (χ1) is 14.8. The summed E-state index contributed by atoms with van der Waals surface area (Å²) >= 11 is 0. The van der Waals surface area contributed by atoms with Crippen LogP contribution in [0.15, 0.2) is 48.0 Å². The Morgan fingerprint density at radius 1 is 1.19 bits per heavy atom. The van der Waals surface area contributed by atoms with E-state index in [9.17, 15) is 19.8 Å². The molecule has 2 aromatic carbocycles. The predicted octanol–water partition coefficient (Wildman–Crippen LogP) is 2.70. The van der Waals surface area contributed by atoms with Gasteiger partial charge < -0.3 is 24.7 Å². The number of phenols is 1. The van der Waals surface area contributed by atoms with E-state index in [1.165, 1.54) is 17.0 Å². The van der Waals surface area contributed by atoms with Gasteiger partial charge in [-0.3, -0.25) is 9.59 Å². The van der Waals surface area contributed by atoms with Crippen LogP contribution in [0, 0.1) is 0 Å². The van der Waals surface area contributed by atoms with Crippen LogP contribution in [0.4, 0.5) is 0 Å². The highest BCUT2D eigenvalue weighted by molar-refractivity contribution is 6.46. The molecule has 4 rings (SSSR count). The molecule has 2 aromatic rings. The van der Waals surface area contributed by atoms with E-state index in [0.717, 1.165) is 11.3 Å². The van der Waals surface area contributed by atoms with Gasteiger partial charge in [-0.1, -0.05) is 12.1 Å². The number of hydrogen-bond donors (Lipinski definition) is 2. The Balaban J connectivity index is 1.82. The lowest BCUT2D eigenvalue weighted by Gasteiger charge is -2.26. The average Bonchev–Trinajstić information content (AvgIpc) is 3.22. The maximum Gasteiger partial charge on any atom is 0.295 e. The molecule has 0 aliphatic carbocycles. The van der Waals surface area contributed by atoms with Gasteiger partial charge in [-0.25, -0.2) is 0 Å². The molecule has 0 unspecified atom stereocenters. The van der Waals surface area contributed by atoms with E-state index < -0.39 is 17.7 Å². The summed E-state index contributed by atoms with van der Waals surface area (Å²) in [6.07, 6.45) is 0.764. The van der Waals surface area contributed by atoms with Crippen LogP contribution < -0.4 is 4.74 Å². The van der Waals surface area contributed by atoms with Gasteiger partial charge in [0.2, 0.25) is 0 Å². The number of fused-ring (bicyclic) bond motifs is 1. The molecule has 162 valence electrons. The third-order valence-electron chi connectivity index (χ3n) is 5.68. The molecule has 1 amide bonds. The van der Waals surface area contributed by atoms with E-state index in [-0.39, 0.29) is 23.2 Å². The van der Waals surface area contributed by atoms with Crippen molar-refractivity contribution >= 4 is 17.4 Å². The molecule has 1 fully saturated rings. The van der Waals surface area contributed by atoms with Crippen LogP contribution >= 0.6 is 0 Å². The van der Waals surface area contributed by atoms with E-state index in [0.29, 0.717) is 30.6 Å². The maximum atomic E-state index is 13.0. The number of phenolic OH excluding ortho intramolecular Hbond substituents is 1. The van der Waals surface area contributed by atoms with Gasteiger partial charge in [-0.2, -0.15) is 0 Å². The quantitative estimate of drug-likeness (QED) is 0.438. The molecular weight excluding hydrogens is 396 g/mol. The fourth-order valence-corrected chi connectivity index (χ4v) is 4.18. The lowest BCUT2D eigenvalue weighted by molar-refractivity contribution is -0.140. The van der Waals surface area contributed by atoms with Crippen molar-refractivity contribution in [3.63, 3.8) is 0 Å². The van der Waals surface area contributed by atoms with Crippen LogP contribution in [0.3, 0.4) is 0 Å². The number of ether oxygens (including phenoxy) is 1. The first-order valence-corrected chi connectivity index (χ1v) is 10.3. The predicted molar refractivity (Wildman–Crippen MR) is 116 cm³/mol. The number of nitrogens with zero attached hydrogens (tertiary/aromatic N) is 2. The van der Waals surface area contributed by atoms with Crippen LogP contribution in [-0.2, 0) is 16.0 Å². The summed E-state index contributed by atoms with van der Waals surface area (Å²) in [6, 6.07) is 10.9. The first kappa shape index (κ1) is 20.9. The normalized spacial score (nSPS) is 22.1. The van der Waals surface area contributed by atoms with Crippen molar-refractivity contribution in [3.8, 4) is 11.5 Å². The highest BCUT2D eigenvalue weighted by atomic mass is 16.5. The van der Waals surface area contributed by atoms with Gasteiger partial charge in [-0.15, -0.1) is 0 Å². The molecule has 1 saturated heterocycles. The van der Waals surface area contributed by atoms with E-state index in [4.69, 9.17) is 4.74 Å². The van der Waals surface area contributed by atoms with Gasteiger partial charge in [0.05, 0.1) is 11.6 Å². The summed E-state index contributed by atoms with van der Waals surface area (Å²) < 4.78 is 5.72. The van der Waals surface area contributed by atoms with Gasteiger partial charge in [0, 0.05) is 25.1 Å². The zero-order valence-electron chi connectivity index (χ0n) is 17.8. The third kappa shape index (κ3) is 3.88. The second-order valence-electron chi connectivity index (χ2n) is 8.35. The summed E-state index contributed by atoms with van der Waals surface area (Å²) in [5, 5.41) is 21.2. The van der Waals surface area contributed by atoms with E-state index >= 15 is 0 Å². The molecule has 31 heavy (non-hydrogen) atoms. The Labute approximate surface area is 181 Å². The Kier molecular flexibility index (Phi) is 5.45. The molecular formula is C24H26N2O5. The highest BCUT2D eigenvalue weighted by Gasteiger charge is 2.46. The summed E-state index contributed by atoms with van der Waals surface area (Å²) in [5.74, 6) is -0.814. The molecule has 2 aliphatic heterocycles. The second kappa shape index (κ2) is 8.07. The minimum atomic E-state index is -0.782. The van der Waals surface area contributed by atoms with Crippen LogP contribution in [0.5, 0.6) is 11.5 Å². The van der Waals surface area contributed by atoms with E-state index in [2.05, 4.69) is 0 Å². The Bertz CT molecular complexity index is 1080. The van der Waals surface area contributed by atoms with Crippen molar-refractivity contribution in [2.75, 3.05) is 27.2 Å². The number of likely N-dealkylation sites (N-methyl/N-ethyl adjacent to an activating group) is 1. The minimum Gasteiger partial charge on any atom is -0.508 e. The fraction of sp³-hybridized carbons (Fsp3) is 0.333. The van der Waals surface area contributed by atoms with Gasteiger partial charge in [0.15, 0.2) is 0 Å². The number of benzene rings is 2. The Morgan fingerprint density at radius 2 is 1.97 bits per heavy atom. The number of rotatable bonds is 5. The second-order valence-corrected chi connectivity index (χ2v) is 8.35. The lowest BCUT2D eigenvalue weighted by atomic mass is 9.94.